The lowest BCUT2D eigenvalue weighted by atomic mass is 10.0. The Morgan fingerprint density at radius 3 is 2.84 bits per heavy atom. The van der Waals surface area contributed by atoms with Crippen molar-refractivity contribution in [2.75, 3.05) is 5.75 Å². The number of carbonyl (C=O) groups excluding carboxylic acids is 1. The molecule has 1 heterocycles. The Morgan fingerprint density at radius 2 is 2.16 bits per heavy atom. The van der Waals surface area contributed by atoms with Crippen molar-refractivity contribution < 1.29 is 9.32 Å². The van der Waals surface area contributed by atoms with E-state index in [2.05, 4.69) is 31.4 Å². The van der Waals surface area contributed by atoms with Crippen LogP contribution < -0.4 is 5.32 Å². The highest BCUT2D eigenvalue weighted by Crippen LogP contribution is 2.38. The summed E-state index contributed by atoms with van der Waals surface area (Å²) in [4.78, 5) is 18.0. The van der Waals surface area contributed by atoms with E-state index in [4.69, 9.17) is 4.52 Å². The number of hydrogen-bond acceptors (Lipinski definition) is 5. The Labute approximate surface area is 160 Å². The van der Waals surface area contributed by atoms with Gasteiger partial charge < -0.3 is 9.84 Å². The number of carbonyl (C=O) groups is 1. The smallest absolute Gasteiger partial charge is 0.249 e. The van der Waals surface area contributed by atoms with Gasteiger partial charge in [0.15, 0.2) is 5.82 Å². The number of nitrogens with zero attached hydrogens (tertiary/aromatic N) is 2. The van der Waals surface area contributed by atoms with E-state index in [1.165, 1.54) is 0 Å². The second kappa shape index (κ2) is 8.36. The van der Waals surface area contributed by atoms with E-state index < -0.39 is 0 Å². The summed E-state index contributed by atoms with van der Waals surface area (Å²) in [7, 11) is 0. The minimum atomic E-state index is -0.235. The van der Waals surface area contributed by atoms with E-state index in [0.717, 1.165) is 33.8 Å². The fourth-order valence-electron chi connectivity index (χ4n) is 2.46. The maximum atomic E-state index is 12.3. The summed E-state index contributed by atoms with van der Waals surface area (Å²) >= 11 is 5.19. The lowest BCUT2D eigenvalue weighted by Gasteiger charge is -2.18. The zero-order valence-electron chi connectivity index (χ0n) is 14.4. The van der Waals surface area contributed by atoms with Gasteiger partial charge in [-0.2, -0.15) is 4.98 Å². The predicted octanol–water partition coefficient (Wildman–Crippen LogP) is 4.71. The summed E-state index contributed by atoms with van der Waals surface area (Å²) in [6, 6.07) is 7.79. The number of rotatable bonds is 8. The minimum Gasteiger partial charge on any atom is -0.344 e. The summed E-state index contributed by atoms with van der Waals surface area (Å²) in [5.41, 5.74) is 0. The minimum absolute atomic E-state index is 0.00410. The number of amides is 1. The van der Waals surface area contributed by atoms with Crippen molar-refractivity contribution in [2.45, 2.75) is 50.0 Å². The quantitative estimate of drug-likeness (QED) is 0.622. The largest absolute Gasteiger partial charge is 0.344 e. The number of aromatic nitrogens is 2. The molecule has 1 fully saturated rings. The van der Waals surface area contributed by atoms with Crippen molar-refractivity contribution in [3.05, 3.63) is 40.5 Å². The van der Waals surface area contributed by atoms with Gasteiger partial charge in [-0.05, 0) is 46.8 Å². The summed E-state index contributed by atoms with van der Waals surface area (Å²) in [6.07, 6.45) is 2.70. The van der Waals surface area contributed by atoms with E-state index in [9.17, 15) is 4.79 Å². The Hall–Kier alpha value is -1.34. The Bertz CT molecular complexity index is 731. The number of nitrogens with one attached hydrogen (secondary N) is 1. The second-order valence-electron chi connectivity index (χ2n) is 6.58. The van der Waals surface area contributed by atoms with Gasteiger partial charge in [-0.15, -0.1) is 11.8 Å². The fraction of sp³-hybridized carbons (Fsp3) is 0.500. The first-order chi connectivity index (χ1) is 12.0. The third-order valence-corrected chi connectivity index (χ3v) is 6.10. The molecule has 7 heteroatoms. The first-order valence-corrected chi connectivity index (χ1v) is 10.3. The highest BCUT2D eigenvalue weighted by atomic mass is 79.9. The van der Waals surface area contributed by atoms with Crippen molar-refractivity contribution >= 4 is 33.6 Å². The summed E-state index contributed by atoms with van der Waals surface area (Å²) in [6.45, 7) is 4.09. The van der Waals surface area contributed by atoms with Crippen LogP contribution >= 0.6 is 27.7 Å². The van der Waals surface area contributed by atoms with Crippen LogP contribution in [0.1, 0.15) is 56.8 Å². The van der Waals surface area contributed by atoms with Crippen LogP contribution in [0, 0.1) is 5.92 Å². The van der Waals surface area contributed by atoms with Gasteiger partial charge in [-0.1, -0.05) is 31.1 Å². The van der Waals surface area contributed by atoms with Crippen LogP contribution in [0.2, 0.25) is 0 Å². The van der Waals surface area contributed by atoms with E-state index in [0.29, 0.717) is 18.2 Å². The van der Waals surface area contributed by atoms with Crippen LogP contribution in [-0.2, 0) is 4.79 Å². The van der Waals surface area contributed by atoms with Gasteiger partial charge in [0.25, 0.3) is 0 Å². The molecule has 1 aliphatic rings. The molecule has 3 rings (SSSR count). The number of benzene rings is 1. The number of thioether (sulfide) groups is 1. The molecule has 1 amide bonds. The Morgan fingerprint density at radius 1 is 1.40 bits per heavy atom. The van der Waals surface area contributed by atoms with Crippen molar-refractivity contribution in [2.24, 2.45) is 5.92 Å². The molecule has 0 bridgehead atoms. The fourth-order valence-corrected chi connectivity index (χ4v) is 3.97. The van der Waals surface area contributed by atoms with Crippen molar-refractivity contribution in [1.82, 2.24) is 15.5 Å². The molecule has 1 aromatic carbocycles. The molecule has 1 aliphatic carbocycles. The summed E-state index contributed by atoms with van der Waals surface area (Å²) < 4.78 is 6.45. The van der Waals surface area contributed by atoms with E-state index in [1.54, 1.807) is 11.8 Å². The van der Waals surface area contributed by atoms with Gasteiger partial charge in [0, 0.05) is 27.5 Å². The molecule has 1 saturated carbocycles. The zero-order chi connectivity index (χ0) is 17.8. The van der Waals surface area contributed by atoms with E-state index in [1.807, 2.05) is 38.1 Å². The molecular weight excluding hydrogens is 402 g/mol. The molecule has 0 saturated heterocycles. The predicted molar refractivity (Wildman–Crippen MR) is 101 cm³/mol. The highest BCUT2D eigenvalue weighted by Gasteiger charge is 2.31. The molecule has 134 valence electrons. The van der Waals surface area contributed by atoms with Gasteiger partial charge in [0.2, 0.25) is 11.8 Å². The molecule has 0 aliphatic heterocycles. The van der Waals surface area contributed by atoms with Crippen LogP contribution in [0.15, 0.2) is 38.2 Å². The molecule has 5 nitrogen and oxygen atoms in total. The van der Waals surface area contributed by atoms with E-state index >= 15 is 0 Å². The SMILES string of the molecule is CC(C)C(NC(=O)CCSc1ccccc1Br)c1nc(C2CC2)no1. The van der Waals surface area contributed by atoms with Gasteiger partial charge in [-0.25, -0.2) is 0 Å². The molecule has 0 spiro atoms. The maximum Gasteiger partial charge on any atom is 0.249 e. The first-order valence-electron chi connectivity index (χ1n) is 8.54. The standard InChI is InChI=1S/C18H22BrN3O2S/c1-11(2)16(18-21-17(22-24-18)12-7-8-12)20-15(23)9-10-25-14-6-4-3-5-13(14)19/h3-6,11-12,16H,7-10H2,1-2H3,(H,20,23). The van der Waals surface area contributed by atoms with Crippen LogP contribution in [-0.4, -0.2) is 21.8 Å². The van der Waals surface area contributed by atoms with Gasteiger partial charge in [0.1, 0.15) is 6.04 Å². The van der Waals surface area contributed by atoms with Crippen LogP contribution in [0.4, 0.5) is 0 Å². The summed E-state index contributed by atoms with van der Waals surface area (Å²) in [5.74, 6) is 2.65. The van der Waals surface area contributed by atoms with Crippen molar-refractivity contribution in [1.29, 1.82) is 0 Å². The molecule has 1 atom stereocenters. The van der Waals surface area contributed by atoms with Crippen LogP contribution in [0.25, 0.3) is 0 Å². The number of hydrogen-bond donors (Lipinski definition) is 1. The summed E-state index contributed by atoms with van der Waals surface area (Å²) in [5, 5.41) is 7.10. The highest BCUT2D eigenvalue weighted by molar-refractivity contribution is 9.10. The van der Waals surface area contributed by atoms with Gasteiger partial charge in [-0.3, -0.25) is 4.79 Å². The lowest BCUT2D eigenvalue weighted by Crippen LogP contribution is -2.32. The van der Waals surface area contributed by atoms with Crippen molar-refractivity contribution in [3.8, 4) is 0 Å². The average Bonchev–Trinajstić information content (AvgIpc) is 3.32. The second-order valence-corrected chi connectivity index (χ2v) is 8.57. The monoisotopic (exact) mass is 423 g/mol. The topological polar surface area (TPSA) is 68.0 Å². The molecule has 1 aromatic heterocycles. The molecular formula is C18H22BrN3O2S. The Kier molecular flexibility index (Phi) is 6.17. The molecule has 1 unspecified atom stereocenters. The zero-order valence-corrected chi connectivity index (χ0v) is 16.8. The van der Waals surface area contributed by atoms with E-state index in [-0.39, 0.29) is 17.9 Å². The van der Waals surface area contributed by atoms with Crippen LogP contribution in [0.3, 0.4) is 0 Å². The Balaban J connectivity index is 1.52. The van der Waals surface area contributed by atoms with Crippen molar-refractivity contribution in [3.63, 3.8) is 0 Å². The molecule has 0 radical (unpaired) electrons. The molecule has 2 aromatic rings. The maximum absolute atomic E-state index is 12.3. The molecule has 1 N–H and O–H groups in total. The number of halogens is 1. The van der Waals surface area contributed by atoms with Gasteiger partial charge in [0.05, 0.1) is 0 Å². The lowest BCUT2D eigenvalue weighted by molar-refractivity contribution is -0.122. The molecule has 25 heavy (non-hydrogen) atoms. The first kappa shape index (κ1) is 18.5. The average molecular weight is 424 g/mol. The van der Waals surface area contributed by atoms with Gasteiger partial charge >= 0.3 is 0 Å². The third-order valence-electron chi connectivity index (χ3n) is 4.07. The normalized spacial score (nSPS) is 15.4. The third kappa shape index (κ3) is 5.07. The van der Waals surface area contributed by atoms with Crippen LogP contribution in [0.5, 0.6) is 0 Å².